The first-order valence-corrected chi connectivity index (χ1v) is 10.2. The Kier molecular flexibility index (Phi) is 4.98. The van der Waals surface area contributed by atoms with Gasteiger partial charge in [-0.15, -0.1) is 22.7 Å². The van der Waals surface area contributed by atoms with Crippen molar-refractivity contribution in [2.45, 2.75) is 46.2 Å². The second-order valence-electron chi connectivity index (χ2n) is 6.49. The van der Waals surface area contributed by atoms with Gasteiger partial charge in [0.15, 0.2) is 0 Å². The van der Waals surface area contributed by atoms with Crippen LogP contribution in [-0.4, -0.2) is 32.3 Å². The summed E-state index contributed by atoms with van der Waals surface area (Å²) in [4.78, 5) is 8.40. The number of aryl methyl sites for hydroxylation is 2. The molecule has 0 aromatic carbocycles. The largest absolute Gasteiger partial charge is 0.369 e. The first kappa shape index (κ1) is 16.9. The van der Waals surface area contributed by atoms with Crippen molar-refractivity contribution in [1.82, 2.24) is 19.7 Å². The lowest BCUT2D eigenvalue weighted by Gasteiger charge is -2.23. The van der Waals surface area contributed by atoms with Crippen LogP contribution in [-0.2, 0) is 31.0 Å². The molecular formula is C18H22N4OS2. The van der Waals surface area contributed by atoms with Crippen molar-refractivity contribution in [3.63, 3.8) is 0 Å². The van der Waals surface area contributed by atoms with E-state index in [0.717, 1.165) is 36.9 Å². The Labute approximate surface area is 155 Å². The summed E-state index contributed by atoms with van der Waals surface area (Å²) >= 11 is 3.51. The number of thiophene rings is 1. The van der Waals surface area contributed by atoms with Crippen LogP contribution in [0.5, 0.6) is 0 Å². The van der Waals surface area contributed by atoms with Gasteiger partial charge in [-0.3, -0.25) is 9.58 Å². The minimum atomic E-state index is 0.114. The van der Waals surface area contributed by atoms with Crippen molar-refractivity contribution in [1.29, 1.82) is 0 Å². The van der Waals surface area contributed by atoms with Gasteiger partial charge < -0.3 is 4.74 Å². The molecule has 3 aromatic heterocycles. The van der Waals surface area contributed by atoms with Crippen molar-refractivity contribution in [2.24, 2.45) is 0 Å². The average molecular weight is 375 g/mol. The van der Waals surface area contributed by atoms with Crippen LogP contribution >= 0.6 is 22.7 Å². The third kappa shape index (κ3) is 4.00. The molecule has 132 valence electrons. The van der Waals surface area contributed by atoms with Crippen LogP contribution in [0.4, 0.5) is 0 Å². The Hall–Kier alpha value is -1.54. The van der Waals surface area contributed by atoms with Gasteiger partial charge in [0, 0.05) is 36.1 Å². The zero-order valence-corrected chi connectivity index (χ0v) is 16.1. The molecule has 0 unspecified atom stereocenters. The predicted octanol–water partition coefficient (Wildman–Crippen LogP) is 3.62. The van der Waals surface area contributed by atoms with Crippen molar-refractivity contribution >= 4 is 22.7 Å². The SMILES string of the molecule is Cc1nc(CO[C@H]2CN(Cc3sccc3C)Cc3ccnn3C2)cs1. The number of hydrogen-bond donors (Lipinski definition) is 0. The fourth-order valence-corrected chi connectivity index (χ4v) is 4.71. The second-order valence-corrected chi connectivity index (χ2v) is 8.55. The first-order valence-electron chi connectivity index (χ1n) is 8.46. The molecule has 1 atom stereocenters. The summed E-state index contributed by atoms with van der Waals surface area (Å²) in [5.41, 5.74) is 3.65. The summed E-state index contributed by atoms with van der Waals surface area (Å²) in [6, 6.07) is 4.31. The highest BCUT2D eigenvalue weighted by Gasteiger charge is 2.23. The van der Waals surface area contributed by atoms with Gasteiger partial charge in [0.2, 0.25) is 0 Å². The maximum absolute atomic E-state index is 6.21. The standard InChI is InChI=1S/C18H22N4OS2/c1-13-4-6-24-18(13)10-21-7-16-3-5-19-22(16)9-17(8-21)23-11-15-12-25-14(2)20-15/h3-6,12,17H,7-11H2,1-2H3/t17-/m0/s1. The molecule has 0 amide bonds. The maximum Gasteiger partial charge on any atom is 0.0903 e. The molecule has 7 heteroatoms. The lowest BCUT2D eigenvalue weighted by atomic mass is 10.2. The maximum atomic E-state index is 6.21. The van der Waals surface area contributed by atoms with E-state index in [-0.39, 0.29) is 6.10 Å². The fourth-order valence-electron chi connectivity index (χ4n) is 3.16. The molecular weight excluding hydrogens is 352 g/mol. The van der Waals surface area contributed by atoms with Crippen LogP contribution in [0.15, 0.2) is 29.1 Å². The van der Waals surface area contributed by atoms with Gasteiger partial charge in [-0.05, 0) is 36.9 Å². The molecule has 0 saturated carbocycles. The van der Waals surface area contributed by atoms with E-state index in [9.17, 15) is 0 Å². The summed E-state index contributed by atoms with van der Waals surface area (Å²) < 4.78 is 8.29. The molecule has 25 heavy (non-hydrogen) atoms. The number of hydrogen-bond acceptors (Lipinski definition) is 6. The van der Waals surface area contributed by atoms with Crippen molar-refractivity contribution in [3.8, 4) is 0 Å². The number of fused-ring (bicyclic) bond motifs is 1. The van der Waals surface area contributed by atoms with Gasteiger partial charge in [0.05, 0.1) is 35.7 Å². The highest BCUT2D eigenvalue weighted by molar-refractivity contribution is 7.10. The van der Waals surface area contributed by atoms with E-state index in [1.54, 1.807) is 11.3 Å². The van der Waals surface area contributed by atoms with Crippen LogP contribution < -0.4 is 0 Å². The fraction of sp³-hybridized carbons (Fsp3) is 0.444. The summed E-state index contributed by atoms with van der Waals surface area (Å²) in [6.07, 6.45) is 2.00. The van der Waals surface area contributed by atoms with E-state index in [0.29, 0.717) is 6.61 Å². The lowest BCUT2D eigenvalue weighted by molar-refractivity contribution is 0.00607. The molecule has 0 radical (unpaired) electrons. The topological polar surface area (TPSA) is 43.2 Å². The Morgan fingerprint density at radius 1 is 1.24 bits per heavy atom. The van der Waals surface area contributed by atoms with Crippen LogP contribution in [0.1, 0.15) is 26.8 Å². The van der Waals surface area contributed by atoms with Crippen LogP contribution in [0.3, 0.4) is 0 Å². The zero-order valence-electron chi connectivity index (χ0n) is 14.5. The monoisotopic (exact) mass is 374 g/mol. The number of nitrogens with zero attached hydrogens (tertiary/aromatic N) is 4. The Morgan fingerprint density at radius 2 is 2.16 bits per heavy atom. The van der Waals surface area contributed by atoms with E-state index in [1.807, 2.05) is 24.5 Å². The summed E-state index contributed by atoms with van der Waals surface area (Å²) in [7, 11) is 0. The first-order chi connectivity index (χ1) is 12.2. The number of ether oxygens (including phenoxy) is 1. The molecule has 1 aliphatic heterocycles. The van der Waals surface area contributed by atoms with Crippen molar-refractivity contribution < 1.29 is 4.74 Å². The summed E-state index contributed by atoms with van der Waals surface area (Å²) in [5.74, 6) is 0. The molecule has 3 aromatic rings. The normalized spacial score (nSPS) is 18.2. The van der Waals surface area contributed by atoms with E-state index in [1.165, 1.54) is 16.1 Å². The lowest BCUT2D eigenvalue weighted by Crippen LogP contribution is -2.32. The predicted molar refractivity (Wildman–Crippen MR) is 101 cm³/mol. The summed E-state index contributed by atoms with van der Waals surface area (Å²) in [6.45, 7) is 8.36. The van der Waals surface area contributed by atoms with Gasteiger partial charge in [0.1, 0.15) is 0 Å². The minimum Gasteiger partial charge on any atom is -0.369 e. The molecule has 4 rings (SSSR count). The molecule has 1 aliphatic rings. The van der Waals surface area contributed by atoms with Crippen LogP contribution in [0.2, 0.25) is 0 Å². The summed E-state index contributed by atoms with van der Waals surface area (Å²) in [5, 5.41) is 9.81. The van der Waals surface area contributed by atoms with Gasteiger partial charge in [0.25, 0.3) is 0 Å². The molecule has 4 heterocycles. The van der Waals surface area contributed by atoms with Gasteiger partial charge in [-0.2, -0.15) is 5.10 Å². The van der Waals surface area contributed by atoms with E-state index < -0.39 is 0 Å². The molecule has 0 saturated heterocycles. The Bertz CT molecular complexity index is 838. The Balaban J connectivity index is 1.47. The molecule has 5 nitrogen and oxygen atoms in total. The third-order valence-corrected chi connectivity index (χ3v) is 6.33. The van der Waals surface area contributed by atoms with Crippen LogP contribution in [0, 0.1) is 13.8 Å². The van der Waals surface area contributed by atoms with E-state index >= 15 is 0 Å². The highest BCUT2D eigenvalue weighted by Crippen LogP contribution is 2.22. The quantitative estimate of drug-likeness (QED) is 0.684. The second kappa shape index (κ2) is 7.37. The van der Waals surface area contributed by atoms with Crippen molar-refractivity contribution in [2.75, 3.05) is 6.54 Å². The number of thiazole rings is 1. The van der Waals surface area contributed by atoms with E-state index in [4.69, 9.17) is 4.74 Å². The van der Waals surface area contributed by atoms with Crippen molar-refractivity contribution in [3.05, 3.63) is 55.9 Å². The molecule has 0 fully saturated rings. The van der Waals surface area contributed by atoms with Gasteiger partial charge in [-0.25, -0.2) is 4.98 Å². The molecule has 0 spiro atoms. The molecule has 0 N–H and O–H groups in total. The molecule has 0 bridgehead atoms. The Morgan fingerprint density at radius 3 is 2.92 bits per heavy atom. The number of aromatic nitrogens is 3. The van der Waals surface area contributed by atoms with E-state index in [2.05, 4.69) is 49.5 Å². The van der Waals surface area contributed by atoms with Crippen LogP contribution in [0.25, 0.3) is 0 Å². The molecule has 0 aliphatic carbocycles. The third-order valence-electron chi connectivity index (χ3n) is 4.50. The smallest absolute Gasteiger partial charge is 0.0903 e. The highest BCUT2D eigenvalue weighted by atomic mass is 32.1. The van der Waals surface area contributed by atoms with Gasteiger partial charge >= 0.3 is 0 Å². The van der Waals surface area contributed by atoms with Gasteiger partial charge in [-0.1, -0.05) is 0 Å². The zero-order chi connectivity index (χ0) is 17.2. The number of rotatable bonds is 5. The average Bonchev–Trinajstić information content (AvgIpc) is 3.27. The minimum absolute atomic E-state index is 0.114.